The van der Waals surface area contributed by atoms with Crippen molar-refractivity contribution in [1.82, 2.24) is 15.3 Å². The Morgan fingerprint density at radius 3 is 2.85 bits per heavy atom. The third-order valence-electron chi connectivity index (χ3n) is 3.76. The molecule has 6 heteroatoms. The SMILES string of the molecule is CC(C)NC(=O)[C@@H]1C[C@H]2CN(c3ncccn3)C[C@@H]1O2. The molecule has 2 saturated heterocycles. The molecule has 0 spiro atoms. The molecule has 0 aromatic carbocycles. The predicted octanol–water partition coefficient (Wildman–Crippen LogP) is 0.595. The van der Waals surface area contributed by atoms with E-state index in [1.807, 2.05) is 13.8 Å². The van der Waals surface area contributed by atoms with E-state index in [9.17, 15) is 4.79 Å². The first-order valence-corrected chi connectivity index (χ1v) is 7.11. The maximum atomic E-state index is 12.2. The van der Waals surface area contributed by atoms with E-state index in [0.29, 0.717) is 6.54 Å². The van der Waals surface area contributed by atoms with Crippen molar-refractivity contribution in [3.8, 4) is 0 Å². The zero-order valence-electron chi connectivity index (χ0n) is 11.8. The monoisotopic (exact) mass is 276 g/mol. The van der Waals surface area contributed by atoms with Crippen molar-refractivity contribution in [2.75, 3.05) is 18.0 Å². The number of amides is 1. The summed E-state index contributed by atoms with van der Waals surface area (Å²) >= 11 is 0. The molecule has 3 atom stereocenters. The second-order valence-corrected chi connectivity index (χ2v) is 5.76. The van der Waals surface area contributed by atoms with Crippen LogP contribution in [-0.2, 0) is 9.53 Å². The van der Waals surface area contributed by atoms with Crippen LogP contribution in [-0.4, -0.2) is 47.2 Å². The van der Waals surface area contributed by atoms with Gasteiger partial charge in [0.15, 0.2) is 0 Å². The van der Waals surface area contributed by atoms with Gasteiger partial charge in [-0.2, -0.15) is 0 Å². The number of ether oxygens (including phenoxy) is 1. The standard InChI is InChI=1S/C14H20N4O2/c1-9(2)17-13(19)11-6-10-7-18(8-12(11)20-10)14-15-4-3-5-16-14/h3-5,9-12H,6-8H2,1-2H3,(H,17,19)/t10-,11+,12-/m0/s1. The van der Waals surface area contributed by atoms with Gasteiger partial charge in [0, 0.05) is 31.5 Å². The van der Waals surface area contributed by atoms with Crippen molar-refractivity contribution < 1.29 is 9.53 Å². The lowest BCUT2D eigenvalue weighted by molar-refractivity contribution is -0.127. The Hall–Kier alpha value is -1.69. The maximum Gasteiger partial charge on any atom is 0.226 e. The molecule has 0 aliphatic carbocycles. The summed E-state index contributed by atoms with van der Waals surface area (Å²) in [7, 11) is 0. The average molecular weight is 276 g/mol. The average Bonchev–Trinajstić information content (AvgIpc) is 2.73. The number of anilines is 1. The van der Waals surface area contributed by atoms with Crippen LogP contribution >= 0.6 is 0 Å². The molecule has 3 rings (SSSR count). The van der Waals surface area contributed by atoms with Crippen molar-refractivity contribution in [1.29, 1.82) is 0 Å². The Morgan fingerprint density at radius 1 is 1.40 bits per heavy atom. The van der Waals surface area contributed by atoms with Crippen LogP contribution in [0, 0.1) is 5.92 Å². The number of nitrogens with one attached hydrogen (secondary N) is 1. The summed E-state index contributed by atoms with van der Waals surface area (Å²) in [4.78, 5) is 22.9. The molecule has 1 aromatic heterocycles. The fourth-order valence-electron chi connectivity index (χ4n) is 2.94. The van der Waals surface area contributed by atoms with Gasteiger partial charge in [-0.25, -0.2) is 9.97 Å². The minimum absolute atomic E-state index is 0.0590. The van der Waals surface area contributed by atoms with Crippen LogP contribution < -0.4 is 10.2 Å². The van der Waals surface area contributed by atoms with Gasteiger partial charge in [0.05, 0.1) is 18.1 Å². The maximum absolute atomic E-state index is 12.2. The highest BCUT2D eigenvalue weighted by molar-refractivity contribution is 5.80. The molecule has 1 aromatic rings. The summed E-state index contributed by atoms with van der Waals surface area (Å²) in [5, 5.41) is 2.98. The molecule has 2 fully saturated rings. The van der Waals surface area contributed by atoms with Crippen LogP contribution in [0.1, 0.15) is 20.3 Å². The van der Waals surface area contributed by atoms with E-state index in [4.69, 9.17) is 4.74 Å². The summed E-state index contributed by atoms with van der Waals surface area (Å²) in [6.45, 7) is 5.39. The van der Waals surface area contributed by atoms with Gasteiger partial charge >= 0.3 is 0 Å². The summed E-state index contributed by atoms with van der Waals surface area (Å²) in [5.74, 6) is 0.759. The highest BCUT2D eigenvalue weighted by atomic mass is 16.5. The van der Waals surface area contributed by atoms with Crippen molar-refractivity contribution in [3.05, 3.63) is 18.5 Å². The first-order chi connectivity index (χ1) is 9.63. The molecule has 0 radical (unpaired) electrons. The zero-order valence-corrected chi connectivity index (χ0v) is 11.8. The Labute approximate surface area is 118 Å². The van der Waals surface area contributed by atoms with Gasteiger partial charge in [0.1, 0.15) is 0 Å². The first kappa shape index (κ1) is 13.3. The predicted molar refractivity (Wildman–Crippen MR) is 74.3 cm³/mol. The van der Waals surface area contributed by atoms with Gasteiger partial charge in [-0.05, 0) is 26.3 Å². The molecule has 2 aliphatic heterocycles. The molecule has 6 nitrogen and oxygen atoms in total. The minimum Gasteiger partial charge on any atom is -0.370 e. The van der Waals surface area contributed by atoms with Gasteiger partial charge in [0.25, 0.3) is 0 Å². The highest BCUT2D eigenvalue weighted by Gasteiger charge is 2.45. The molecule has 108 valence electrons. The van der Waals surface area contributed by atoms with Crippen molar-refractivity contribution in [2.24, 2.45) is 5.92 Å². The third kappa shape index (κ3) is 2.60. The molecule has 0 saturated carbocycles. The third-order valence-corrected chi connectivity index (χ3v) is 3.76. The van der Waals surface area contributed by atoms with E-state index in [-0.39, 0.29) is 30.1 Å². The van der Waals surface area contributed by atoms with Crippen LogP contribution in [0.15, 0.2) is 18.5 Å². The van der Waals surface area contributed by atoms with Crippen LogP contribution in [0.3, 0.4) is 0 Å². The lowest BCUT2D eigenvalue weighted by atomic mass is 9.99. The van der Waals surface area contributed by atoms with Gasteiger partial charge in [-0.1, -0.05) is 0 Å². The van der Waals surface area contributed by atoms with E-state index >= 15 is 0 Å². The second-order valence-electron chi connectivity index (χ2n) is 5.76. The van der Waals surface area contributed by atoms with Gasteiger partial charge < -0.3 is 15.0 Å². The number of aromatic nitrogens is 2. The Kier molecular flexibility index (Phi) is 3.56. The van der Waals surface area contributed by atoms with E-state index in [1.54, 1.807) is 18.5 Å². The molecule has 2 aliphatic rings. The van der Waals surface area contributed by atoms with Crippen LogP contribution in [0.2, 0.25) is 0 Å². The Balaban J connectivity index is 1.69. The largest absolute Gasteiger partial charge is 0.370 e. The number of carbonyl (C=O) groups is 1. The number of hydrogen-bond donors (Lipinski definition) is 1. The minimum atomic E-state index is -0.0592. The van der Waals surface area contributed by atoms with E-state index in [1.165, 1.54) is 0 Å². The van der Waals surface area contributed by atoms with Crippen molar-refractivity contribution in [3.63, 3.8) is 0 Å². The first-order valence-electron chi connectivity index (χ1n) is 7.11. The number of nitrogens with zero attached hydrogens (tertiary/aromatic N) is 3. The highest BCUT2D eigenvalue weighted by Crippen LogP contribution is 2.33. The second kappa shape index (κ2) is 5.36. The summed E-state index contributed by atoms with van der Waals surface area (Å²) in [6.07, 6.45) is 4.30. The van der Waals surface area contributed by atoms with Crippen LogP contribution in [0.5, 0.6) is 0 Å². The van der Waals surface area contributed by atoms with Crippen LogP contribution in [0.25, 0.3) is 0 Å². The number of rotatable bonds is 3. The van der Waals surface area contributed by atoms with Crippen molar-refractivity contribution >= 4 is 11.9 Å². The van der Waals surface area contributed by atoms with E-state index < -0.39 is 0 Å². The quantitative estimate of drug-likeness (QED) is 0.875. The lowest BCUT2D eigenvalue weighted by Crippen LogP contribution is -2.46. The molecule has 20 heavy (non-hydrogen) atoms. The molecule has 0 unspecified atom stereocenters. The molecular formula is C14H20N4O2. The number of carbonyl (C=O) groups excluding carboxylic acids is 1. The van der Waals surface area contributed by atoms with Gasteiger partial charge in [-0.15, -0.1) is 0 Å². The summed E-state index contributed by atoms with van der Waals surface area (Å²) < 4.78 is 5.91. The van der Waals surface area contributed by atoms with Crippen molar-refractivity contribution in [2.45, 2.75) is 38.5 Å². The Bertz CT molecular complexity index is 479. The number of hydrogen-bond acceptors (Lipinski definition) is 5. The number of fused-ring (bicyclic) bond motifs is 2. The van der Waals surface area contributed by atoms with Crippen LogP contribution in [0.4, 0.5) is 5.95 Å². The molecule has 1 N–H and O–H groups in total. The number of morpholine rings is 1. The Morgan fingerprint density at radius 2 is 2.15 bits per heavy atom. The molecule has 2 bridgehead atoms. The topological polar surface area (TPSA) is 67.4 Å². The molecule has 1 amide bonds. The smallest absolute Gasteiger partial charge is 0.226 e. The fraction of sp³-hybridized carbons (Fsp3) is 0.643. The lowest BCUT2D eigenvalue weighted by Gasteiger charge is -2.32. The van der Waals surface area contributed by atoms with E-state index in [2.05, 4.69) is 20.2 Å². The summed E-state index contributed by atoms with van der Waals surface area (Å²) in [5.41, 5.74) is 0. The normalized spacial score (nSPS) is 28.8. The van der Waals surface area contributed by atoms with Gasteiger partial charge in [-0.3, -0.25) is 4.79 Å². The summed E-state index contributed by atoms with van der Waals surface area (Å²) in [6, 6.07) is 1.97. The van der Waals surface area contributed by atoms with Gasteiger partial charge in [0.2, 0.25) is 11.9 Å². The zero-order chi connectivity index (χ0) is 14.1. The van der Waals surface area contributed by atoms with E-state index in [0.717, 1.165) is 18.9 Å². The fourth-order valence-corrected chi connectivity index (χ4v) is 2.94. The molecular weight excluding hydrogens is 256 g/mol. The molecule has 3 heterocycles.